The van der Waals surface area contributed by atoms with Crippen molar-refractivity contribution >= 4 is 23.4 Å². The molecule has 9 nitrogen and oxygen atoms in total. The zero-order chi connectivity index (χ0) is 28.5. The van der Waals surface area contributed by atoms with Crippen molar-refractivity contribution in [2.45, 2.75) is 56.9 Å². The number of likely N-dealkylation sites (tertiary alicyclic amines) is 1. The molecule has 4 rings (SSSR count). The highest BCUT2D eigenvalue weighted by Gasteiger charge is 2.75. The summed E-state index contributed by atoms with van der Waals surface area (Å²) in [5, 5.41) is 10.5. The lowest BCUT2D eigenvalue weighted by molar-refractivity contribution is -0.148. The average molecular weight is 540 g/mol. The number of ether oxygens (including phenoxy) is 2. The van der Waals surface area contributed by atoms with Gasteiger partial charge >= 0.3 is 0 Å². The number of carbonyl (C=O) groups excluding carboxylic acids is 3. The zero-order valence-corrected chi connectivity index (χ0v) is 23.4. The van der Waals surface area contributed by atoms with Crippen molar-refractivity contribution in [2.75, 3.05) is 38.8 Å². The monoisotopic (exact) mass is 539 g/mol. The maximum Gasteiger partial charge on any atom is 0.253 e. The highest BCUT2D eigenvalue weighted by Crippen LogP contribution is 2.59. The minimum absolute atomic E-state index is 0.0758. The van der Waals surface area contributed by atoms with Gasteiger partial charge < -0.3 is 29.3 Å². The second kappa shape index (κ2) is 11.5. The molecule has 3 heterocycles. The van der Waals surface area contributed by atoms with Crippen LogP contribution in [0.1, 0.15) is 33.1 Å². The molecule has 3 saturated heterocycles. The van der Waals surface area contributed by atoms with E-state index in [1.54, 1.807) is 65.3 Å². The van der Waals surface area contributed by atoms with Crippen LogP contribution in [0.25, 0.3) is 0 Å². The van der Waals surface area contributed by atoms with Crippen LogP contribution < -0.4 is 9.64 Å². The molecule has 0 aromatic heterocycles. The fourth-order valence-corrected chi connectivity index (χ4v) is 6.72. The highest BCUT2D eigenvalue weighted by atomic mass is 16.5. The molecule has 1 N–H and O–H groups in total. The maximum atomic E-state index is 14.6. The van der Waals surface area contributed by atoms with Crippen LogP contribution >= 0.6 is 0 Å². The number of benzene rings is 1. The van der Waals surface area contributed by atoms with Gasteiger partial charge in [-0.25, -0.2) is 0 Å². The predicted molar refractivity (Wildman–Crippen MR) is 148 cm³/mol. The molecule has 1 spiro atoms. The first kappa shape index (κ1) is 28.8. The molecule has 0 saturated carbocycles. The normalized spacial score (nSPS) is 28.5. The lowest BCUT2D eigenvalue weighted by Crippen LogP contribution is -2.60. The fraction of sp³-hybridized carbons (Fsp3) is 0.567. The van der Waals surface area contributed by atoms with E-state index in [9.17, 15) is 19.5 Å². The molecular formula is C30H41N3O6. The van der Waals surface area contributed by atoms with Gasteiger partial charge in [-0.3, -0.25) is 14.4 Å². The van der Waals surface area contributed by atoms with Crippen molar-refractivity contribution in [3.8, 4) is 5.75 Å². The molecule has 0 radical (unpaired) electrons. The van der Waals surface area contributed by atoms with Crippen molar-refractivity contribution in [2.24, 2.45) is 17.8 Å². The number of aliphatic hydroxyl groups excluding tert-OH is 1. The summed E-state index contributed by atoms with van der Waals surface area (Å²) in [5.74, 6) is -1.71. The van der Waals surface area contributed by atoms with Crippen LogP contribution in [0.2, 0.25) is 0 Å². The minimum atomic E-state index is -1.15. The van der Waals surface area contributed by atoms with Gasteiger partial charge in [0.25, 0.3) is 5.91 Å². The molecule has 1 aromatic carbocycles. The Balaban J connectivity index is 1.82. The van der Waals surface area contributed by atoms with E-state index >= 15 is 0 Å². The Bertz CT molecular complexity index is 1110. The Morgan fingerprint density at radius 2 is 1.90 bits per heavy atom. The first-order chi connectivity index (χ1) is 18.7. The van der Waals surface area contributed by atoms with E-state index in [4.69, 9.17) is 9.47 Å². The number of amides is 3. The summed E-state index contributed by atoms with van der Waals surface area (Å²) in [5.41, 5.74) is -0.524. The van der Waals surface area contributed by atoms with Gasteiger partial charge in [0.15, 0.2) is 0 Å². The molecular weight excluding hydrogens is 498 g/mol. The summed E-state index contributed by atoms with van der Waals surface area (Å²) in [6.07, 6.45) is 4.61. The number of aliphatic hydroxyl groups is 1. The molecule has 3 aliphatic heterocycles. The Hall–Kier alpha value is -3.17. The maximum absolute atomic E-state index is 14.6. The summed E-state index contributed by atoms with van der Waals surface area (Å²) >= 11 is 0. The van der Waals surface area contributed by atoms with Gasteiger partial charge in [0, 0.05) is 25.8 Å². The van der Waals surface area contributed by atoms with Crippen molar-refractivity contribution in [1.29, 1.82) is 0 Å². The number of fused-ring (bicyclic) bond motifs is 1. The lowest BCUT2D eigenvalue weighted by Gasteiger charge is -2.40. The number of anilines is 1. The number of methoxy groups -OCH3 is 1. The van der Waals surface area contributed by atoms with Crippen molar-refractivity contribution in [3.63, 3.8) is 0 Å². The number of carbonyl (C=O) groups is 3. The number of hydrogen-bond acceptors (Lipinski definition) is 6. The third-order valence-electron chi connectivity index (χ3n) is 8.84. The quantitative estimate of drug-likeness (QED) is 0.410. The lowest BCUT2D eigenvalue weighted by atomic mass is 9.70. The minimum Gasteiger partial charge on any atom is -0.497 e. The van der Waals surface area contributed by atoms with Gasteiger partial charge in [-0.15, -0.1) is 13.2 Å². The van der Waals surface area contributed by atoms with Crippen LogP contribution in [-0.4, -0.2) is 90.3 Å². The number of nitrogens with zero attached hydrogens (tertiary/aromatic N) is 3. The molecule has 2 unspecified atom stereocenters. The third kappa shape index (κ3) is 4.65. The molecule has 7 atom stereocenters. The van der Waals surface area contributed by atoms with Crippen LogP contribution in [0.3, 0.4) is 0 Å². The molecule has 0 aliphatic carbocycles. The molecule has 212 valence electrons. The van der Waals surface area contributed by atoms with Gasteiger partial charge in [0.2, 0.25) is 11.8 Å². The molecule has 3 amide bonds. The van der Waals surface area contributed by atoms with E-state index in [2.05, 4.69) is 13.2 Å². The average Bonchev–Trinajstić information content (AvgIpc) is 3.59. The van der Waals surface area contributed by atoms with Gasteiger partial charge in [0.1, 0.15) is 17.4 Å². The number of likely N-dealkylation sites (N-methyl/N-ethyl adjacent to an activating group) is 1. The van der Waals surface area contributed by atoms with Gasteiger partial charge in [-0.1, -0.05) is 32.4 Å². The van der Waals surface area contributed by atoms with Crippen LogP contribution in [-0.2, 0) is 19.1 Å². The first-order valence-corrected chi connectivity index (χ1v) is 13.7. The smallest absolute Gasteiger partial charge is 0.253 e. The van der Waals surface area contributed by atoms with Crippen molar-refractivity contribution in [1.82, 2.24) is 9.80 Å². The number of hydrogen-bond donors (Lipinski definition) is 1. The molecule has 3 aliphatic rings. The Kier molecular flexibility index (Phi) is 8.51. The van der Waals surface area contributed by atoms with E-state index in [0.717, 1.165) is 0 Å². The largest absolute Gasteiger partial charge is 0.497 e. The molecule has 39 heavy (non-hydrogen) atoms. The molecule has 2 bridgehead atoms. The SMILES string of the molecule is C=CCN(C)C(=O)[C@@H]1[C@@H]2CCC3(O2)C(C(=O)N(CC=C)c2ccc(OC)cc2)N([C@@H](CO)[C@@H](C)CC)C(=O)[C@H]13. The van der Waals surface area contributed by atoms with E-state index in [1.165, 1.54) is 0 Å². The van der Waals surface area contributed by atoms with Gasteiger partial charge in [-0.2, -0.15) is 0 Å². The number of rotatable bonds is 12. The topological polar surface area (TPSA) is 99.6 Å². The van der Waals surface area contributed by atoms with Crippen molar-refractivity contribution in [3.05, 3.63) is 49.6 Å². The van der Waals surface area contributed by atoms with E-state index < -0.39 is 35.6 Å². The van der Waals surface area contributed by atoms with Crippen LogP contribution in [0.4, 0.5) is 5.69 Å². The third-order valence-corrected chi connectivity index (χ3v) is 8.84. The second-order valence-corrected chi connectivity index (χ2v) is 10.9. The Morgan fingerprint density at radius 3 is 2.46 bits per heavy atom. The Labute approximate surface area is 231 Å². The van der Waals surface area contributed by atoms with Gasteiger partial charge in [-0.05, 0) is 43.0 Å². The van der Waals surface area contributed by atoms with Crippen LogP contribution in [0.5, 0.6) is 5.75 Å². The van der Waals surface area contributed by atoms with Crippen LogP contribution in [0.15, 0.2) is 49.6 Å². The molecule has 9 heteroatoms. The first-order valence-electron chi connectivity index (χ1n) is 13.7. The Morgan fingerprint density at radius 1 is 1.23 bits per heavy atom. The standard InChI is InChI=1S/C30H41N3O6/c1-7-16-31(5)27(35)24-23-14-15-30(39-23)25(24)28(36)33(22(18-34)19(4)9-3)26(30)29(37)32(17-8-2)20-10-12-21(38-6)13-11-20/h7-8,10-13,19,22-26,34H,1-2,9,14-18H2,3-6H3/t19-,22-,23-,24+,25-,26?,30?/m0/s1. The molecule has 3 fully saturated rings. The summed E-state index contributed by atoms with van der Waals surface area (Å²) in [7, 11) is 3.26. The van der Waals surface area contributed by atoms with E-state index in [-0.39, 0.29) is 36.8 Å². The van der Waals surface area contributed by atoms with E-state index in [1.807, 2.05) is 13.8 Å². The summed E-state index contributed by atoms with van der Waals surface area (Å²) in [6, 6.07) is 5.54. The van der Waals surface area contributed by atoms with Crippen molar-refractivity contribution < 1.29 is 29.0 Å². The molecule has 1 aromatic rings. The zero-order valence-electron chi connectivity index (χ0n) is 23.4. The summed E-state index contributed by atoms with van der Waals surface area (Å²) in [6.45, 7) is 11.8. The summed E-state index contributed by atoms with van der Waals surface area (Å²) < 4.78 is 11.9. The predicted octanol–water partition coefficient (Wildman–Crippen LogP) is 2.64. The second-order valence-electron chi connectivity index (χ2n) is 10.9. The van der Waals surface area contributed by atoms with E-state index in [0.29, 0.717) is 37.2 Å². The van der Waals surface area contributed by atoms with Crippen LogP contribution in [0, 0.1) is 17.8 Å². The highest BCUT2D eigenvalue weighted by molar-refractivity contribution is 6.05. The summed E-state index contributed by atoms with van der Waals surface area (Å²) in [4.78, 5) is 47.2. The fourth-order valence-electron chi connectivity index (χ4n) is 6.72. The van der Waals surface area contributed by atoms with Gasteiger partial charge in [0.05, 0.1) is 37.7 Å².